The van der Waals surface area contributed by atoms with Crippen molar-refractivity contribution < 1.29 is 4.79 Å². The molecule has 1 fully saturated rings. The van der Waals surface area contributed by atoms with E-state index in [2.05, 4.69) is 12.1 Å². The maximum atomic E-state index is 12.8. The lowest BCUT2D eigenvalue weighted by atomic mass is 9.98. The number of carbonyl (C=O) groups is 1. The molecule has 2 heterocycles. The van der Waals surface area contributed by atoms with Gasteiger partial charge in [0.25, 0.3) is 5.91 Å². The molecule has 1 aliphatic rings. The summed E-state index contributed by atoms with van der Waals surface area (Å²) < 4.78 is 1.20. The second-order valence-electron chi connectivity index (χ2n) is 6.30. The summed E-state index contributed by atoms with van der Waals surface area (Å²) in [7, 11) is 0. The lowest BCUT2D eigenvalue weighted by Gasteiger charge is -2.32. The fourth-order valence-electron chi connectivity index (χ4n) is 3.30. The largest absolute Gasteiger partial charge is 0.338 e. The minimum Gasteiger partial charge on any atom is -0.338 e. The molecule has 4 rings (SSSR count). The monoisotopic (exact) mass is 347 g/mol. The van der Waals surface area contributed by atoms with Gasteiger partial charge in [0.05, 0.1) is 26.9 Å². The summed E-state index contributed by atoms with van der Waals surface area (Å²) in [5.41, 5.74) is 2.25. The van der Waals surface area contributed by atoms with E-state index in [0.717, 1.165) is 29.9 Å². The Kier molecular flexibility index (Phi) is 4.21. The van der Waals surface area contributed by atoms with E-state index in [4.69, 9.17) is 10.2 Å². The number of amides is 1. The van der Waals surface area contributed by atoms with E-state index in [1.54, 1.807) is 35.6 Å². The number of benzene rings is 2. The molecule has 0 saturated carbocycles. The zero-order valence-corrected chi connectivity index (χ0v) is 14.5. The molecular formula is C20H17N3OS. The second kappa shape index (κ2) is 6.66. The first-order valence-electron chi connectivity index (χ1n) is 8.39. The van der Waals surface area contributed by atoms with Crippen LogP contribution in [-0.2, 0) is 0 Å². The maximum Gasteiger partial charge on any atom is 0.253 e. The van der Waals surface area contributed by atoms with Crippen molar-refractivity contribution in [2.45, 2.75) is 18.8 Å². The third-order valence-corrected chi connectivity index (χ3v) is 5.83. The predicted molar refractivity (Wildman–Crippen MR) is 98.7 cm³/mol. The number of carbonyl (C=O) groups excluding carboxylic acids is 1. The summed E-state index contributed by atoms with van der Waals surface area (Å²) in [5.74, 6) is 0.337. The molecular weight excluding hydrogens is 330 g/mol. The van der Waals surface area contributed by atoms with Gasteiger partial charge in [-0.15, -0.1) is 11.3 Å². The molecule has 0 aliphatic carbocycles. The zero-order chi connectivity index (χ0) is 17.2. The summed E-state index contributed by atoms with van der Waals surface area (Å²) in [6.07, 6.45) is 2.06. The SMILES string of the molecule is N#Cc1ccc(C(=O)N2CCC[C@@H](c3nc4ccccc4s3)C2)cc1. The third kappa shape index (κ3) is 3.13. The molecule has 3 aromatic rings. The van der Waals surface area contributed by atoms with Crippen LogP contribution < -0.4 is 0 Å². The van der Waals surface area contributed by atoms with Crippen LogP contribution in [0.3, 0.4) is 0 Å². The van der Waals surface area contributed by atoms with Crippen molar-refractivity contribution in [3.63, 3.8) is 0 Å². The lowest BCUT2D eigenvalue weighted by molar-refractivity contribution is 0.0707. The molecule has 1 aromatic heterocycles. The average Bonchev–Trinajstić information content (AvgIpc) is 3.12. The number of hydrogen-bond acceptors (Lipinski definition) is 4. The highest BCUT2D eigenvalue weighted by Gasteiger charge is 2.27. The molecule has 0 bridgehead atoms. The first kappa shape index (κ1) is 15.8. The van der Waals surface area contributed by atoms with Gasteiger partial charge < -0.3 is 4.90 Å². The van der Waals surface area contributed by atoms with Crippen LogP contribution in [0.4, 0.5) is 0 Å². The highest BCUT2D eigenvalue weighted by Crippen LogP contribution is 2.33. The van der Waals surface area contributed by atoms with Crippen molar-refractivity contribution in [3.05, 3.63) is 64.7 Å². The van der Waals surface area contributed by atoms with Crippen LogP contribution in [0.15, 0.2) is 48.5 Å². The third-order valence-electron chi connectivity index (χ3n) is 4.63. The van der Waals surface area contributed by atoms with Gasteiger partial charge in [0, 0.05) is 24.6 Å². The van der Waals surface area contributed by atoms with Gasteiger partial charge in [-0.3, -0.25) is 4.79 Å². The molecule has 124 valence electrons. The number of thiazole rings is 1. The number of piperidine rings is 1. The summed E-state index contributed by atoms with van der Waals surface area (Å²) in [6.45, 7) is 1.49. The normalized spacial score (nSPS) is 17.4. The molecule has 1 atom stereocenters. The Morgan fingerprint density at radius 1 is 1.20 bits per heavy atom. The smallest absolute Gasteiger partial charge is 0.253 e. The van der Waals surface area contributed by atoms with E-state index in [0.29, 0.717) is 23.6 Å². The zero-order valence-electron chi connectivity index (χ0n) is 13.7. The first-order chi connectivity index (χ1) is 12.2. The molecule has 4 nitrogen and oxygen atoms in total. The minimum absolute atomic E-state index is 0.0373. The van der Waals surface area contributed by atoms with Gasteiger partial charge in [-0.05, 0) is 49.2 Å². The number of nitrogens with zero attached hydrogens (tertiary/aromatic N) is 3. The van der Waals surface area contributed by atoms with E-state index < -0.39 is 0 Å². The van der Waals surface area contributed by atoms with Crippen molar-refractivity contribution in [1.29, 1.82) is 5.26 Å². The van der Waals surface area contributed by atoms with Crippen molar-refractivity contribution in [1.82, 2.24) is 9.88 Å². The number of para-hydroxylation sites is 1. The Morgan fingerprint density at radius 3 is 2.76 bits per heavy atom. The number of fused-ring (bicyclic) bond motifs is 1. The molecule has 1 aliphatic heterocycles. The summed E-state index contributed by atoms with van der Waals surface area (Å²) in [4.78, 5) is 19.5. The highest BCUT2D eigenvalue weighted by molar-refractivity contribution is 7.18. The fourth-order valence-corrected chi connectivity index (χ4v) is 4.39. The van der Waals surface area contributed by atoms with Crippen molar-refractivity contribution in [2.24, 2.45) is 0 Å². The Morgan fingerprint density at radius 2 is 2.00 bits per heavy atom. The number of nitriles is 1. The quantitative estimate of drug-likeness (QED) is 0.698. The fraction of sp³-hybridized carbons (Fsp3) is 0.250. The van der Waals surface area contributed by atoms with E-state index >= 15 is 0 Å². The van der Waals surface area contributed by atoms with Crippen LogP contribution in [-0.4, -0.2) is 28.9 Å². The maximum absolute atomic E-state index is 12.8. The molecule has 1 saturated heterocycles. The minimum atomic E-state index is 0.0373. The number of hydrogen-bond donors (Lipinski definition) is 0. The van der Waals surface area contributed by atoms with E-state index in [1.165, 1.54) is 4.70 Å². The molecule has 5 heteroatoms. The van der Waals surface area contributed by atoms with Gasteiger partial charge in [-0.2, -0.15) is 5.26 Å². The summed E-state index contributed by atoms with van der Waals surface area (Å²) in [5, 5.41) is 10.0. The number of aromatic nitrogens is 1. The summed E-state index contributed by atoms with van der Waals surface area (Å²) >= 11 is 1.73. The van der Waals surface area contributed by atoms with Gasteiger partial charge in [0.15, 0.2) is 0 Å². The topological polar surface area (TPSA) is 57.0 Å². The molecule has 0 N–H and O–H groups in total. The average molecular weight is 347 g/mol. The van der Waals surface area contributed by atoms with Crippen LogP contribution >= 0.6 is 11.3 Å². The van der Waals surface area contributed by atoms with Gasteiger partial charge in [-0.1, -0.05) is 12.1 Å². The van der Waals surface area contributed by atoms with Gasteiger partial charge in [0.1, 0.15) is 0 Å². The van der Waals surface area contributed by atoms with Crippen molar-refractivity contribution >= 4 is 27.5 Å². The van der Waals surface area contributed by atoms with Gasteiger partial charge >= 0.3 is 0 Å². The Bertz CT molecular complexity index is 922. The van der Waals surface area contributed by atoms with E-state index in [-0.39, 0.29) is 5.91 Å². The highest BCUT2D eigenvalue weighted by atomic mass is 32.1. The van der Waals surface area contributed by atoms with Crippen LogP contribution in [0.25, 0.3) is 10.2 Å². The Labute approximate surface area is 150 Å². The van der Waals surface area contributed by atoms with Crippen molar-refractivity contribution in [3.8, 4) is 6.07 Å². The van der Waals surface area contributed by atoms with Crippen LogP contribution in [0.5, 0.6) is 0 Å². The van der Waals surface area contributed by atoms with E-state index in [1.807, 2.05) is 23.1 Å². The number of rotatable bonds is 2. The molecule has 0 spiro atoms. The molecule has 0 unspecified atom stereocenters. The van der Waals surface area contributed by atoms with Crippen molar-refractivity contribution in [2.75, 3.05) is 13.1 Å². The second-order valence-corrected chi connectivity index (χ2v) is 7.36. The Hall–Kier alpha value is -2.71. The molecule has 0 radical (unpaired) electrons. The predicted octanol–water partition coefficient (Wildman–Crippen LogP) is 4.19. The lowest BCUT2D eigenvalue weighted by Crippen LogP contribution is -2.39. The van der Waals surface area contributed by atoms with E-state index in [9.17, 15) is 4.79 Å². The van der Waals surface area contributed by atoms with Crippen LogP contribution in [0.1, 0.15) is 39.7 Å². The van der Waals surface area contributed by atoms with Gasteiger partial charge in [-0.25, -0.2) is 4.98 Å². The van der Waals surface area contributed by atoms with Crippen LogP contribution in [0, 0.1) is 11.3 Å². The first-order valence-corrected chi connectivity index (χ1v) is 9.21. The number of likely N-dealkylation sites (tertiary alicyclic amines) is 1. The summed E-state index contributed by atoms with van der Waals surface area (Å²) in [6, 6.07) is 17.1. The standard InChI is InChI=1S/C20H17N3OS/c21-12-14-7-9-15(10-8-14)20(24)23-11-3-4-16(13-23)19-22-17-5-1-2-6-18(17)25-19/h1-2,5-10,16H,3-4,11,13H2/t16-/m1/s1. The van der Waals surface area contributed by atoms with Crippen LogP contribution in [0.2, 0.25) is 0 Å². The molecule has 2 aromatic carbocycles. The Balaban J connectivity index is 1.53. The molecule has 25 heavy (non-hydrogen) atoms. The molecule has 1 amide bonds. The van der Waals surface area contributed by atoms with Gasteiger partial charge in [0.2, 0.25) is 0 Å².